The van der Waals surface area contributed by atoms with Crippen molar-refractivity contribution in [3.63, 3.8) is 0 Å². The fraction of sp³-hybridized carbons (Fsp3) is 0.500. The number of hydrogen-bond donors (Lipinski definition) is 0. The minimum atomic E-state index is -0.601. The molecular formula is C18H24N2O5. The highest BCUT2D eigenvalue weighted by atomic mass is 16.6. The maximum atomic E-state index is 12.4. The van der Waals surface area contributed by atoms with Gasteiger partial charge in [-0.05, 0) is 32.9 Å². The Morgan fingerprint density at radius 1 is 1.16 bits per heavy atom. The standard InChI is InChI=1S/C18H24N2O5/c1-18(2,3)25-17(23)19(4)10-12(24-5)11-20-15(21)13-8-6-7-9-14(13)16(20)22/h6-9,12H,10-11H2,1-5H3/t12-/m0/s1. The van der Waals surface area contributed by atoms with E-state index < -0.39 is 17.8 Å². The van der Waals surface area contributed by atoms with Crippen LogP contribution in [-0.2, 0) is 9.47 Å². The number of nitrogens with zero attached hydrogens (tertiary/aromatic N) is 2. The highest BCUT2D eigenvalue weighted by Gasteiger charge is 2.36. The van der Waals surface area contributed by atoms with Crippen molar-refractivity contribution >= 4 is 17.9 Å². The molecule has 0 N–H and O–H groups in total. The highest BCUT2D eigenvalue weighted by molar-refractivity contribution is 6.21. The van der Waals surface area contributed by atoms with Crippen LogP contribution in [0.3, 0.4) is 0 Å². The van der Waals surface area contributed by atoms with Crippen LogP contribution in [0.5, 0.6) is 0 Å². The van der Waals surface area contributed by atoms with Gasteiger partial charge in [-0.3, -0.25) is 14.5 Å². The van der Waals surface area contributed by atoms with Gasteiger partial charge in [0.1, 0.15) is 5.60 Å². The molecule has 1 atom stereocenters. The third-order valence-corrected chi connectivity index (χ3v) is 3.78. The van der Waals surface area contributed by atoms with Gasteiger partial charge < -0.3 is 14.4 Å². The fourth-order valence-corrected chi connectivity index (χ4v) is 2.54. The van der Waals surface area contributed by atoms with Crippen molar-refractivity contribution in [2.45, 2.75) is 32.5 Å². The molecule has 1 aromatic carbocycles. The molecule has 0 bridgehead atoms. The van der Waals surface area contributed by atoms with Gasteiger partial charge >= 0.3 is 6.09 Å². The fourth-order valence-electron chi connectivity index (χ4n) is 2.54. The number of amides is 3. The lowest BCUT2D eigenvalue weighted by molar-refractivity contribution is 0.00889. The van der Waals surface area contributed by atoms with Crippen LogP contribution in [0.2, 0.25) is 0 Å². The number of ether oxygens (including phenoxy) is 2. The summed E-state index contributed by atoms with van der Waals surface area (Å²) in [6.45, 7) is 5.61. The van der Waals surface area contributed by atoms with Gasteiger partial charge in [-0.2, -0.15) is 0 Å². The van der Waals surface area contributed by atoms with Crippen molar-refractivity contribution in [1.82, 2.24) is 9.80 Å². The van der Waals surface area contributed by atoms with Crippen LogP contribution in [0.4, 0.5) is 4.79 Å². The lowest BCUT2D eigenvalue weighted by Crippen LogP contribution is -2.45. The van der Waals surface area contributed by atoms with Gasteiger partial charge in [0.2, 0.25) is 0 Å². The minimum absolute atomic E-state index is 0.0655. The molecular weight excluding hydrogens is 324 g/mol. The maximum Gasteiger partial charge on any atom is 0.410 e. The van der Waals surface area contributed by atoms with Gasteiger partial charge in [-0.15, -0.1) is 0 Å². The molecule has 1 aromatic rings. The molecule has 7 nitrogen and oxygen atoms in total. The second-order valence-corrected chi connectivity index (χ2v) is 6.99. The largest absolute Gasteiger partial charge is 0.444 e. The molecule has 0 saturated heterocycles. The number of carbonyl (C=O) groups is 3. The molecule has 3 amide bonds. The number of imide groups is 1. The lowest BCUT2D eigenvalue weighted by Gasteiger charge is -2.28. The van der Waals surface area contributed by atoms with Gasteiger partial charge in [0.05, 0.1) is 30.3 Å². The van der Waals surface area contributed by atoms with E-state index in [2.05, 4.69) is 0 Å². The summed E-state index contributed by atoms with van der Waals surface area (Å²) in [6.07, 6.45) is -1.00. The molecule has 1 heterocycles. The summed E-state index contributed by atoms with van der Waals surface area (Å²) in [5, 5.41) is 0. The number of likely N-dealkylation sites (N-methyl/N-ethyl adjacent to an activating group) is 1. The minimum Gasteiger partial charge on any atom is -0.444 e. The Kier molecular flexibility index (Phi) is 5.47. The number of fused-ring (bicyclic) bond motifs is 1. The van der Waals surface area contributed by atoms with E-state index >= 15 is 0 Å². The normalized spacial score (nSPS) is 15.2. The van der Waals surface area contributed by atoms with Crippen LogP contribution >= 0.6 is 0 Å². The second-order valence-electron chi connectivity index (χ2n) is 6.99. The molecule has 1 aliphatic rings. The first-order valence-electron chi connectivity index (χ1n) is 8.06. The molecule has 0 aromatic heterocycles. The second kappa shape index (κ2) is 7.23. The van der Waals surface area contributed by atoms with Crippen LogP contribution in [0.25, 0.3) is 0 Å². The average molecular weight is 348 g/mol. The zero-order chi connectivity index (χ0) is 18.8. The van der Waals surface area contributed by atoms with E-state index in [1.807, 2.05) is 0 Å². The van der Waals surface area contributed by atoms with Gasteiger partial charge in [-0.25, -0.2) is 4.79 Å². The summed E-state index contributed by atoms with van der Waals surface area (Å²) < 4.78 is 10.7. The van der Waals surface area contributed by atoms with E-state index in [1.165, 1.54) is 12.0 Å². The van der Waals surface area contributed by atoms with E-state index in [-0.39, 0.29) is 24.9 Å². The average Bonchev–Trinajstić information content (AvgIpc) is 2.77. The number of benzene rings is 1. The van der Waals surface area contributed by atoms with Gasteiger partial charge in [0, 0.05) is 14.2 Å². The van der Waals surface area contributed by atoms with E-state index in [0.29, 0.717) is 11.1 Å². The van der Waals surface area contributed by atoms with Crippen LogP contribution in [0, 0.1) is 0 Å². The molecule has 0 fully saturated rings. The first kappa shape index (κ1) is 18.9. The summed E-state index contributed by atoms with van der Waals surface area (Å²) in [7, 11) is 3.06. The summed E-state index contributed by atoms with van der Waals surface area (Å²) in [4.78, 5) is 39.4. The van der Waals surface area contributed by atoms with Crippen LogP contribution < -0.4 is 0 Å². The third-order valence-electron chi connectivity index (χ3n) is 3.78. The third kappa shape index (κ3) is 4.36. The summed E-state index contributed by atoms with van der Waals surface area (Å²) in [6, 6.07) is 6.70. The first-order valence-corrected chi connectivity index (χ1v) is 8.06. The van der Waals surface area contributed by atoms with Crippen molar-refractivity contribution in [3.05, 3.63) is 35.4 Å². The monoisotopic (exact) mass is 348 g/mol. The molecule has 0 spiro atoms. The number of methoxy groups -OCH3 is 1. The molecule has 0 radical (unpaired) electrons. The summed E-state index contributed by atoms with van der Waals surface area (Å²) in [5.74, 6) is -0.690. The van der Waals surface area contributed by atoms with Crippen LogP contribution in [0.15, 0.2) is 24.3 Å². The maximum absolute atomic E-state index is 12.4. The van der Waals surface area contributed by atoms with E-state index in [4.69, 9.17) is 9.47 Å². The Morgan fingerprint density at radius 2 is 1.68 bits per heavy atom. The van der Waals surface area contributed by atoms with Crippen molar-refractivity contribution in [2.24, 2.45) is 0 Å². The predicted molar refractivity (Wildman–Crippen MR) is 91.5 cm³/mol. The number of carbonyl (C=O) groups excluding carboxylic acids is 3. The van der Waals surface area contributed by atoms with Crippen LogP contribution in [-0.4, -0.2) is 66.7 Å². The Hall–Kier alpha value is -2.41. The Bertz CT molecular complexity index is 645. The molecule has 7 heteroatoms. The molecule has 0 aliphatic carbocycles. The molecule has 136 valence electrons. The Morgan fingerprint density at radius 3 is 2.12 bits per heavy atom. The van der Waals surface area contributed by atoms with Gasteiger partial charge in [-0.1, -0.05) is 12.1 Å². The SMILES string of the molecule is CO[C@@H](CN(C)C(=O)OC(C)(C)C)CN1C(=O)c2ccccc2C1=O. The molecule has 1 aliphatic heterocycles. The number of rotatable bonds is 5. The van der Waals surface area contributed by atoms with E-state index in [0.717, 1.165) is 4.90 Å². The van der Waals surface area contributed by atoms with Crippen molar-refractivity contribution in [1.29, 1.82) is 0 Å². The quantitative estimate of drug-likeness (QED) is 0.762. The molecule has 2 rings (SSSR count). The lowest BCUT2D eigenvalue weighted by atomic mass is 10.1. The van der Waals surface area contributed by atoms with Crippen molar-refractivity contribution in [3.8, 4) is 0 Å². The van der Waals surface area contributed by atoms with E-state index in [1.54, 1.807) is 52.1 Å². The Labute approximate surface area is 147 Å². The molecule has 0 unspecified atom stereocenters. The highest BCUT2D eigenvalue weighted by Crippen LogP contribution is 2.23. The van der Waals surface area contributed by atoms with Crippen LogP contribution in [0.1, 0.15) is 41.5 Å². The summed E-state index contributed by atoms with van der Waals surface area (Å²) >= 11 is 0. The zero-order valence-electron chi connectivity index (χ0n) is 15.2. The van der Waals surface area contributed by atoms with E-state index in [9.17, 15) is 14.4 Å². The molecule has 25 heavy (non-hydrogen) atoms. The summed E-state index contributed by atoms with van der Waals surface area (Å²) in [5.41, 5.74) is 0.182. The topological polar surface area (TPSA) is 76.2 Å². The van der Waals surface area contributed by atoms with Crippen molar-refractivity contribution in [2.75, 3.05) is 27.2 Å². The van der Waals surface area contributed by atoms with Gasteiger partial charge in [0.15, 0.2) is 0 Å². The zero-order valence-corrected chi connectivity index (χ0v) is 15.2. The van der Waals surface area contributed by atoms with Crippen molar-refractivity contribution < 1.29 is 23.9 Å². The Balaban J connectivity index is 2.02. The number of hydrogen-bond acceptors (Lipinski definition) is 5. The predicted octanol–water partition coefficient (Wildman–Crippen LogP) is 2.16. The molecule has 0 saturated carbocycles. The first-order chi connectivity index (χ1) is 11.6. The smallest absolute Gasteiger partial charge is 0.410 e. The van der Waals surface area contributed by atoms with Gasteiger partial charge in [0.25, 0.3) is 11.8 Å².